The minimum absolute atomic E-state index is 0.537. The Labute approximate surface area is 114 Å². The Morgan fingerprint density at radius 2 is 1.47 bits per heavy atom. The summed E-state index contributed by atoms with van der Waals surface area (Å²) in [4.78, 5) is 0. The first-order valence-electron chi connectivity index (χ1n) is 5.27. The predicted molar refractivity (Wildman–Crippen MR) is 74.9 cm³/mol. The molecule has 0 aliphatic rings. The summed E-state index contributed by atoms with van der Waals surface area (Å²) in [5.41, 5.74) is 1.41. The number of benzene rings is 2. The van der Waals surface area contributed by atoms with E-state index in [4.69, 9.17) is 0 Å². The number of rotatable bonds is 1. The molecule has 0 unspecified atom stereocenters. The van der Waals surface area contributed by atoms with Crippen LogP contribution in [0.4, 0.5) is 8.78 Å². The molecule has 0 spiro atoms. The van der Waals surface area contributed by atoms with E-state index in [-0.39, 0.29) is 0 Å². The van der Waals surface area contributed by atoms with Crippen molar-refractivity contribution in [3.05, 3.63) is 69.3 Å². The lowest BCUT2D eigenvalue weighted by Gasteiger charge is -1.93. The summed E-state index contributed by atoms with van der Waals surface area (Å²) in [7, 11) is 0. The zero-order valence-electron chi connectivity index (χ0n) is 9.46. The van der Waals surface area contributed by atoms with Crippen LogP contribution >= 0.6 is 22.6 Å². The second-order valence-electron chi connectivity index (χ2n) is 3.42. The van der Waals surface area contributed by atoms with Gasteiger partial charge in [-0.15, -0.1) is 0 Å². The zero-order valence-corrected chi connectivity index (χ0v) is 11.6. The molecule has 0 atom stereocenters. The van der Waals surface area contributed by atoms with Crippen LogP contribution in [-0.2, 0) is 6.42 Å². The van der Waals surface area contributed by atoms with Crippen molar-refractivity contribution in [3.8, 4) is 0 Å². The van der Waals surface area contributed by atoms with E-state index in [1.165, 1.54) is 27.3 Å². The molecular formula is C14H13F2I. The van der Waals surface area contributed by atoms with Crippen molar-refractivity contribution >= 4 is 22.6 Å². The van der Waals surface area contributed by atoms with Gasteiger partial charge in [-0.1, -0.05) is 25.1 Å². The summed E-state index contributed by atoms with van der Waals surface area (Å²) in [5, 5.41) is 0. The number of aryl methyl sites for hydroxylation is 1. The van der Waals surface area contributed by atoms with Crippen molar-refractivity contribution in [2.24, 2.45) is 0 Å². The SMILES string of the molecule is CCc1ccc(I)cc1.Fc1cccc(F)c1. The van der Waals surface area contributed by atoms with Gasteiger partial charge in [-0.25, -0.2) is 8.78 Å². The molecule has 0 aliphatic heterocycles. The molecule has 0 aliphatic carbocycles. The first-order valence-corrected chi connectivity index (χ1v) is 6.35. The lowest BCUT2D eigenvalue weighted by molar-refractivity contribution is 0.583. The fourth-order valence-corrected chi connectivity index (χ4v) is 1.54. The fourth-order valence-electron chi connectivity index (χ4n) is 1.18. The summed E-state index contributed by atoms with van der Waals surface area (Å²) >= 11 is 2.31. The third-order valence-electron chi connectivity index (χ3n) is 2.11. The Kier molecular flexibility index (Phi) is 6.11. The summed E-state index contributed by atoms with van der Waals surface area (Å²) < 4.78 is 25.2. The summed E-state index contributed by atoms with van der Waals surface area (Å²) in [5.74, 6) is -1.07. The lowest BCUT2D eigenvalue weighted by Crippen LogP contribution is -1.77. The highest BCUT2D eigenvalue weighted by Crippen LogP contribution is 2.06. The molecule has 0 aromatic heterocycles. The maximum atomic E-state index is 11.9. The minimum atomic E-state index is -0.537. The largest absolute Gasteiger partial charge is 0.207 e. The van der Waals surface area contributed by atoms with Crippen molar-refractivity contribution in [1.29, 1.82) is 0 Å². The standard InChI is InChI=1S/C8H9I.C6H4F2/c1-2-7-3-5-8(9)6-4-7;7-5-2-1-3-6(8)4-5/h3-6H,2H2,1H3;1-4H. The highest BCUT2D eigenvalue weighted by Gasteiger charge is 1.88. The monoisotopic (exact) mass is 346 g/mol. The van der Waals surface area contributed by atoms with Crippen LogP contribution in [0.15, 0.2) is 48.5 Å². The predicted octanol–water partition coefficient (Wildman–Crippen LogP) is 4.82. The van der Waals surface area contributed by atoms with Crippen molar-refractivity contribution in [3.63, 3.8) is 0 Å². The van der Waals surface area contributed by atoms with E-state index >= 15 is 0 Å². The van der Waals surface area contributed by atoms with E-state index in [2.05, 4.69) is 53.8 Å². The van der Waals surface area contributed by atoms with Crippen LogP contribution in [-0.4, -0.2) is 0 Å². The van der Waals surface area contributed by atoms with Gasteiger partial charge >= 0.3 is 0 Å². The van der Waals surface area contributed by atoms with Gasteiger partial charge in [0.2, 0.25) is 0 Å². The molecule has 2 aromatic rings. The molecule has 3 heteroatoms. The molecule has 0 saturated heterocycles. The van der Waals surface area contributed by atoms with E-state index in [9.17, 15) is 8.78 Å². The molecule has 17 heavy (non-hydrogen) atoms. The van der Waals surface area contributed by atoms with Crippen LogP contribution in [0.3, 0.4) is 0 Å². The van der Waals surface area contributed by atoms with Gasteiger partial charge in [0.05, 0.1) is 0 Å². The van der Waals surface area contributed by atoms with Crippen molar-refractivity contribution in [2.75, 3.05) is 0 Å². The maximum absolute atomic E-state index is 11.9. The fraction of sp³-hybridized carbons (Fsp3) is 0.143. The Hall–Kier alpha value is -0.970. The number of halogens is 3. The van der Waals surface area contributed by atoms with Gasteiger partial charge < -0.3 is 0 Å². The average molecular weight is 346 g/mol. The molecule has 0 nitrogen and oxygen atoms in total. The molecular weight excluding hydrogens is 333 g/mol. The molecule has 0 radical (unpaired) electrons. The van der Waals surface area contributed by atoms with E-state index in [0.717, 1.165) is 12.5 Å². The quantitative estimate of drug-likeness (QED) is 0.650. The number of hydrogen-bond donors (Lipinski definition) is 0. The molecule has 90 valence electrons. The topological polar surface area (TPSA) is 0 Å². The van der Waals surface area contributed by atoms with E-state index in [1.807, 2.05) is 0 Å². The van der Waals surface area contributed by atoms with Gasteiger partial charge in [0.15, 0.2) is 0 Å². The smallest absolute Gasteiger partial charge is 0.126 e. The minimum Gasteiger partial charge on any atom is -0.207 e. The molecule has 0 N–H and O–H groups in total. The Balaban J connectivity index is 0.000000171. The van der Waals surface area contributed by atoms with Crippen LogP contribution in [0, 0.1) is 15.2 Å². The second-order valence-corrected chi connectivity index (χ2v) is 4.67. The van der Waals surface area contributed by atoms with Crippen LogP contribution < -0.4 is 0 Å². The normalized spacial score (nSPS) is 9.41. The van der Waals surface area contributed by atoms with Gasteiger partial charge in [-0.2, -0.15) is 0 Å². The molecule has 2 rings (SSSR count). The molecule has 0 bridgehead atoms. The zero-order chi connectivity index (χ0) is 12.7. The van der Waals surface area contributed by atoms with Gasteiger partial charge in [0.1, 0.15) is 11.6 Å². The highest BCUT2D eigenvalue weighted by molar-refractivity contribution is 14.1. The van der Waals surface area contributed by atoms with E-state index in [0.29, 0.717) is 0 Å². The van der Waals surface area contributed by atoms with Gasteiger partial charge in [-0.3, -0.25) is 0 Å². The summed E-state index contributed by atoms with van der Waals surface area (Å²) in [6, 6.07) is 13.2. The van der Waals surface area contributed by atoms with Crippen molar-refractivity contribution in [1.82, 2.24) is 0 Å². The van der Waals surface area contributed by atoms with Gasteiger partial charge in [-0.05, 0) is 58.8 Å². The molecule has 0 amide bonds. The van der Waals surface area contributed by atoms with Crippen LogP contribution in [0.2, 0.25) is 0 Å². The Morgan fingerprint density at radius 1 is 0.941 bits per heavy atom. The summed E-state index contributed by atoms with van der Waals surface area (Å²) in [6.07, 6.45) is 1.14. The third kappa shape index (κ3) is 5.77. The molecule has 0 saturated carbocycles. The molecule has 2 aromatic carbocycles. The molecule has 0 heterocycles. The lowest BCUT2D eigenvalue weighted by atomic mass is 10.2. The molecule has 0 fully saturated rings. The van der Waals surface area contributed by atoms with E-state index in [1.54, 1.807) is 0 Å². The Bertz CT molecular complexity index is 435. The third-order valence-corrected chi connectivity index (χ3v) is 2.83. The average Bonchev–Trinajstić information content (AvgIpc) is 2.30. The van der Waals surface area contributed by atoms with Crippen molar-refractivity contribution in [2.45, 2.75) is 13.3 Å². The number of hydrogen-bond acceptors (Lipinski definition) is 0. The van der Waals surface area contributed by atoms with Gasteiger partial charge in [0, 0.05) is 9.64 Å². The first-order chi connectivity index (χ1) is 8.11. The first kappa shape index (κ1) is 14.1. The maximum Gasteiger partial charge on any atom is 0.126 e. The Morgan fingerprint density at radius 3 is 1.82 bits per heavy atom. The van der Waals surface area contributed by atoms with Crippen LogP contribution in [0.25, 0.3) is 0 Å². The van der Waals surface area contributed by atoms with Gasteiger partial charge in [0.25, 0.3) is 0 Å². The van der Waals surface area contributed by atoms with Crippen LogP contribution in [0.1, 0.15) is 12.5 Å². The van der Waals surface area contributed by atoms with Crippen molar-refractivity contribution < 1.29 is 8.78 Å². The summed E-state index contributed by atoms with van der Waals surface area (Å²) in [6.45, 7) is 2.17. The van der Waals surface area contributed by atoms with Crippen LogP contribution in [0.5, 0.6) is 0 Å². The second kappa shape index (κ2) is 7.37. The highest BCUT2D eigenvalue weighted by atomic mass is 127. The van der Waals surface area contributed by atoms with E-state index < -0.39 is 11.6 Å².